The molecule has 6 heteroatoms. The van der Waals surface area contributed by atoms with E-state index < -0.39 is 5.97 Å². The number of rotatable bonds is 6. The van der Waals surface area contributed by atoms with Crippen molar-refractivity contribution in [3.8, 4) is 6.07 Å². The molecule has 0 atom stereocenters. The Labute approximate surface area is 185 Å². The molecule has 2 heterocycles. The lowest BCUT2D eigenvalue weighted by Gasteiger charge is -2.17. The lowest BCUT2D eigenvalue weighted by Crippen LogP contribution is -1.98. The summed E-state index contributed by atoms with van der Waals surface area (Å²) in [5, 5.41) is 26.6. The van der Waals surface area contributed by atoms with Crippen molar-refractivity contribution in [1.29, 1.82) is 5.26 Å². The molecule has 4 aromatic rings. The fourth-order valence-electron chi connectivity index (χ4n) is 3.79. The van der Waals surface area contributed by atoms with Crippen LogP contribution in [0.5, 0.6) is 0 Å². The van der Waals surface area contributed by atoms with Crippen LogP contribution < -0.4 is 0 Å². The van der Waals surface area contributed by atoms with Crippen molar-refractivity contribution in [2.75, 3.05) is 0 Å². The highest BCUT2D eigenvalue weighted by molar-refractivity contribution is 6.01. The third-order valence-electron chi connectivity index (χ3n) is 5.27. The predicted molar refractivity (Wildman–Crippen MR) is 124 cm³/mol. The van der Waals surface area contributed by atoms with Crippen LogP contribution in [0.4, 0.5) is 0 Å². The van der Waals surface area contributed by atoms with E-state index in [1.807, 2.05) is 42.5 Å². The van der Waals surface area contributed by atoms with Gasteiger partial charge in [-0.05, 0) is 64.1 Å². The van der Waals surface area contributed by atoms with Gasteiger partial charge in [0, 0.05) is 23.9 Å². The first kappa shape index (κ1) is 20.8. The van der Waals surface area contributed by atoms with Crippen molar-refractivity contribution in [3.05, 3.63) is 101 Å². The number of hydrogen-bond acceptors (Lipinski definition) is 4. The number of fused-ring (bicyclic) bond motifs is 1. The maximum atomic E-state index is 10.8. The van der Waals surface area contributed by atoms with Crippen molar-refractivity contribution in [2.45, 2.75) is 13.3 Å². The number of nitrogens with one attached hydrogen (secondary N) is 1. The number of aliphatic carboxylic acids is 1. The summed E-state index contributed by atoms with van der Waals surface area (Å²) in [4.78, 5) is 14.9. The molecule has 6 nitrogen and oxygen atoms in total. The maximum Gasteiger partial charge on any atom is 0.328 e. The zero-order valence-electron chi connectivity index (χ0n) is 17.4. The number of H-pyrrole nitrogens is 1. The molecule has 0 spiro atoms. The molecule has 0 saturated carbocycles. The van der Waals surface area contributed by atoms with E-state index in [1.54, 1.807) is 24.7 Å². The normalized spacial score (nSPS) is 12.0. The van der Waals surface area contributed by atoms with Crippen LogP contribution in [0.25, 0.3) is 28.1 Å². The van der Waals surface area contributed by atoms with E-state index in [9.17, 15) is 10.1 Å². The molecule has 4 rings (SSSR count). The molecule has 156 valence electrons. The van der Waals surface area contributed by atoms with Gasteiger partial charge in [-0.3, -0.25) is 10.1 Å². The summed E-state index contributed by atoms with van der Waals surface area (Å²) in [5.41, 5.74) is 7.12. The minimum Gasteiger partial charge on any atom is -0.478 e. The largest absolute Gasteiger partial charge is 0.478 e. The molecule has 0 fully saturated rings. The molecule has 0 amide bonds. The van der Waals surface area contributed by atoms with Crippen LogP contribution in [0.3, 0.4) is 0 Å². The van der Waals surface area contributed by atoms with E-state index in [1.165, 1.54) is 0 Å². The second-order valence-electron chi connectivity index (χ2n) is 7.21. The second kappa shape index (κ2) is 9.11. The van der Waals surface area contributed by atoms with Gasteiger partial charge < -0.3 is 5.11 Å². The zero-order chi connectivity index (χ0) is 22.5. The van der Waals surface area contributed by atoms with Crippen LogP contribution in [0, 0.1) is 11.3 Å². The number of aromatic amines is 1. The first-order valence-electron chi connectivity index (χ1n) is 10.1. The molecule has 32 heavy (non-hydrogen) atoms. The molecule has 0 radical (unpaired) electrons. The lowest BCUT2D eigenvalue weighted by atomic mass is 9.86. The smallest absolute Gasteiger partial charge is 0.328 e. The number of aromatic nitrogens is 3. The summed E-state index contributed by atoms with van der Waals surface area (Å²) >= 11 is 0. The molecule has 0 aliphatic rings. The quantitative estimate of drug-likeness (QED) is 0.412. The molecule has 2 aromatic carbocycles. The zero-order valence-corrected chi connectivity index (χ0v) is 17.4. The Morgan fingerprint density at radius 2 is 1.91 bits per heavy atom. The average molecular weight is 420 g/mol. The first-order chi connectivity index (χ1) is 15.6. The van der Waals surface area contributed by atoms with E-state index >= 15 is 0 Å². The van der Waals surface area contributed by atoms with E-state index in [4.69, 9.17) is 5.11 Å². The topological polar surface area (TPSA) is 103 Å². The van der Waals surface area contributed by atoms with Gasteiger partial charge in [0.05, 0.1) is 17.3 Å². The third-order valence-corrected chi connectivity index (χ3v) is 5.27. The van der Waals surface area contributed by atoms with Gasteiger partial charge in [-0.1, -0.05) is 37.3 Å². The van der Waals surface area contributed by atoms with Crippen LogP contribution >= 0.6 is 0 Å². The highest BCUT2D eigenvalue weighted by Crippen LogP contribution is 2.36. The fraction of sp³-hybridized carbons (Fsp3) is 0.0769. The SMILES string of the molecule is CC/C(=C(/c1ccc(/C=C/C(=O)O)cc1)c1ccc2[nH]ncc2c1)c1ccncc1C#N. The number of nitriles is 1. The Hall–Kier alpha value is -4.50. The number of carboxylic acid groups (broad SMARTS) is 1. The van der Waals surface area contributed by atoms with Crippen LogP contribution in [-0.4, -0.2) is 26.3 Å². The average Bonchev–Trinajstić information content (AvgIpc) is 3.29. The van der Waals surface area contributed by atoms with Gasteiger partial charge in [-0.15, -0.1) is 0 Å². The molecule has 0 aliphatic heterocycles. The van der Waals surface area contributed by atoms with Crippen LogP contribution in [-0.2, 0) is 4.79 Å². The number of carbonyl (C=O) groups is 1. The number of allylic oxidation sites excluding steroid dienone is 1. The minimum absolute atomic E-state index is 0.521. The Morgan fingerprint density at radius 3 is 2.62 bits per heavy atom. The molecule has 0 aliphatic carbocycles. The highest BCUT2D eigenvalue weighted by Gasteiger charge is 2.16. The van der Waals surface area contributed by atoms with Crippen molar-refractivity contribution >= 4 is 34.1 Å². The van der Waals surface area contributed by atoms with Gasteiger partial charge in [0.1, 0.15) is 6.07 Å². The Kier molecular flexibility index (Phi) is 5.91. The first-order valence-corrected chi connectivity index (χ1v) is 10.1. The molecule has 0 saturated heterocycles. The van der Waals surface area contributed by atoms with Crippen molar-refractivity contribution in [2.24, 2.45) is 0 Å². The Balaban J connectivity index is 1.95. The Bertz CT molecular complexity index is 1390. The predicted octanol–water partition coefficient (Wildman–Crippen LogP) is 5.30. The molecular weight excluding hydrogens is 400 g/mol. The van der Waals surface area contributed by atoms with Crippen LogP contribution in [0.1, 0.15) is 41.2 Å². The van der Waals surface area contributed by atoms with Crippen LogP contribution in [0.2, 0.25) is 0 Å². The minimum atomic E-state index is -0.988. The summed E-state index contributed by atoms with van der Waals surface area (Å²) in [7, 11) is 0. The molecular formula is C26H20N4O2. The fourth-order valence-corrected chi connectivity index (χ4v) is 3.79. The number of nitrogens with zero attached hydrogens (tertiary/aromatic N) is 3. The van der Waals surface area contributed by atoms with Gasteiger partial charge in [0.15, 0.2) is 0 Å². The molecule has 0 bridgehead atoms. The van der Waals surface area contributed by atoms with Crippen molar-refractivity contribution in [3.63, 3.8) is 0 Å². The van der Waals surface area contributed by atoms with Gasteiger partial charge in [0.2, 0.25) is 0 Å². The number of carboxylic acids is 1. The third kappa shape index (κ3) is 4.18. The maximum absolute atomic E-state index is 10.8. The summed E-state index contributed by atoms with van der Waals surface area (Å²) in [6.45, 7) is 2.07. The lowest BCUT2D eigenvalue weighted by molar-refractivity contribution is -0.131. The summed E-state index contributed by atoms with van der Waals surface area (Å²) < 4.78 is 0. The number of pyridine rings is 1. The second-order valence-corrected chi connectivity index (χ2v) is 7.21. The summed E-state index contributed by atoms with van der Waals surface area (Å²) in [5.74, 6) is -0.988. The van der Waals surface area contributed by atoms with Crippen molar-refractivity contribution < 1.29 is 9.90 Å². The molecule has 2 aromatic heterocycles. The monoisotopic (exact) mass is 420 g/mol. The van der Waals surface area contributed by atoms with E-state index in [2.05, 4.69) is 34.2 Å². The van der Waals surface area contributed by atoms with Gasteiger partial charge in [0.25, 0.3) is 0 Å². The van der Waals surface area contributed by atoms with E-state index in [0.717, 1.165) is 50.4 Å². The molecule has 0 unspecified atom stereocenters. The molecule has 2 N–H and O–H groups in total. The van der Waals surface area contributed by atoms with Crippen molar-refractivity contribution in [1.82, 2.24) is 15.2 Å². The van der Waals surface area contributed by atoms with Gasteiger partial charge >= 0.3 is 5.97 Å². The van der Waals surface area contributed by atoms with E-state index in [0.29, 0.717) is 12.0 Å². The van der Waals surface area contributed by atoms with Gasteiger partial charge in [-0.25, -0.2) is 4.79 Å². The van der Waals surface area contributed by atoms with Crippen LogP contribution in [0.15, 0.2) is 73.2 Å². The van der Waals surface area contributed by atoms with Gasteiger partial charge in [-0.2, -0.15) is 10.4 Å². The Morgan fingerprint density at radius 1 is 1.12 bits per heavy atom. The van der Waals surface area contributed by atoms with E-state index in [-0.39, 0.29) is 0 Å². The summed E-state index contributed by atoms with van der Waals surface area (Å²) in [6.07, 6.45) is 8.45. The number of benzene rings is 2. The number of hydrogen-bond donors (Lipinski definition) is 2. The summed E-state index contributed by atoms with van der Waals surface area (Å²) in [6, 6.07) is 17.9. The highest BCUT2D eigenvalue weighted by atomic mass is 16.4. The standard InChI is InChI=1S/C26H20N4O2/c1-2-22(23-11-12-28-15-21(23)14-27)26(19-8-9-24-20(13-19)16-29-30-24)18-6-3-17(4-7-18)5-10-25(31)32/h3-13,15-16H,2H2,1H3,(H,29,30)(H,31,32)/b10-5+,26-22+.